The standard InChI is InChI=1S/C13H12N2O2.ClH.Na.H/c16-13(17)6-5-11-1-3-12(4-2-11)9-15-8-7-14-10-15;;;/h1-8,10H,9H2,(H,16,17);1H;;/q;;+1;-1/b6-5+;;;. The summed E-state index contributed by atoms with van der Waals surface area (Å²) in [6, 6.07) is 7.74. The van der Waals surface area contributed by atoms with Crippen LogP contribution < -0.4 is 29.6 Å². The van der Waals surface area contributed by atoms with Crippen LogP contribution in [-0.4, -0.2) is 20.6 Å². The van der Waals surface area contributed by atoms with Crippen molar-refractivity contribution >= 4 is 24.5 Å². The van der Waals surface area contributed by atoms with E-state index in [1.807, 2.05) is 35.0 Å². The van der Waals surface area contributed by atoms with Crippen LogP contribution in [0.1, 0.15) is 12.6 Å². The molecule has 1 heterocycles. The largest absolute Gasteiger partial charge is 1.00 e. The van der Waals surface area contributed by atoms with Gasteiger partial charge in [0.15, 0.2) is 0 Å². The summed E-state index contributed by atoms with van der Waals surface area (Å²) in [7, 11) is 0. The molecule has 6 heteroatoms. The van der Waals surface area contributed by atoms with Crippen LogP contribution in [0.25, 0.3) is 6.08 Å². The van der Waals surface area contributed by atoms with Crippen molar-refractivity contribution in [3.05, 3.63) is 60.2 Å². The third-order valence-electron chi connectivity index (χ3n) is 2.32. The summed E-state index contributed by atoms with van der Waals surface area (Å²) in [5, 5.41) is 8.50. The Kier molecular flexibility index (Phi) is 8.43. The SMILES string of the molecule is Cl.O=C(O)/C=C/c1ccc(Cn2ccnc2)cc1.[H-].[Na+]. The monoisotopic (exact) mass is 288 g/mol. The summed E-state index contributed by atoms with van der Waals surface area (Å²) >= 11 is 0. The fourth-order valence-corrected chi connectivity index (χ4v) is 1.49. The first-order chi connectivity index (χ1) is 8.24. The Balaban J connectivity index is 0. The molecule has 0 saturated heterocycles. The molecule has 0 bridgehead atoms. The number of aliphatic carboxylic acids is 1. The molecule has 0 aliphatic rings. The summed E-state index contributed by atoms with van der Waals surface area (Å²) < 4.78 is 1.97. The van der Waals surface area contributed by atoms with Crippen LogP contribution in [0.15, 0.2) is 49.1 Å². The first kappa shape index (κ1) is 17.9. The Morgan fingerprint density at radius 2 is 2.05 bits per heavy atom. The van der Waals surface area contributed by atoms with Gasteiger partial charge in [0.25, 0.3) is 0 Å². The molecular formula is C13H14ClN2NaO2. The smallest absolute Gasteiger partial charge is 1.00 e. The van der Waals surface area contributed by atoms with Crippen LogP contribution in [0.5, 0.6) is 0 Å². The van der Waals surface area contributed by atoms with Gasteiger partial charge >= 0.3 is 35.5 Å². The maximum Gasteiger partial charge on any atom is 1.00 e. The predicted molar refractivity (Wildman–Crippen MR) is 72.8 cm³/mol. The normalized spacial score (nSPS) is 9.68. The molecule has 1 N–H and O–H groups in total. The quantitative estimate of drug-likeness (QED) is 0.613. The first-order valence-electron chi connectivity index (χ1n) is 5.20. The number of imidazole rings is 1. The van der Waals surface area contributed by atoms with Crippen molar-refractivity contribution in [2.75, 3.05) is 0 Å². The third kappa shape index (κ3) is 6.07. The van der Waals surface area contributed by atoms with Crippen molar-refractivity contribution in [2.45, 2.75) is 6.54 Å². The van der Waals surface area contributed by atoms with Gasteiger partial charge in [-0.1, -0.05) is 24.3 Å². The molecule has 0 atom stereocenters. The number of halogens is 1. The number of aromatic nitrogens is 2. The van der Waals surface area contributed by atoms with Crippen molar-refractivity contribution in [3.8, 4) is 0 Å². The molecule has 2 rings (SSSR count). The second-order valence-corrected chi connectivity index (χ2v) is 3.65. The predicted octanol–water partition coefficient (Wildman–Crippen LogP) is -0.432. The number of hydrogen-bond donors (Lipinski definition) is 1. The average molecular weight is 289 g/mol. The first-order valence-corrected chi connectivity index (χ1v) is 5.20. The van der Waals surface area contributed by atoms with Gasteiger partial charge in [-0.05, 0) is 17.2 Å². The van der Waals surface area contributed by atoms with E-state index in [2.05, 4.69) is 4.98 Å². The number of carboxylic acid groups (broad SMARTS) is 1. The zero-order valence-electron chi connectivity index (χ0n) is 11.6. The molecule has 0 fully saturated rings. The summed E-state index contributed by atoms with van der Waals surface area (Å²) in [6.45, 7) is 0.767. The van der Waals surface area contributed by atoms with E-state index in [1.165, 1.54) is 0 Å². The average Bonchev–Trinajstić information content (AvgIpc) is 2.81. The second kappa shape index (κ2) is 8.93. The summed E-state index contributed by atoms with van der Waals surface area (Å²) in [5.74, 6) is -0.938. The minimum Gasteiger partial charge on any atom is -1.00 e. The Labute approximate surface area is 141 Å². The van der Waals surface area contributed by atoms with E-state index in [0.29, 0.717) is 0 Å². The van der Waals surface area contributed by atoms with Gasteiger partial charge < -0.3 is 11.1 Å². The fourth-order valence-electron chi connectivity index (χ4n) is 1.49. The van der Waals surface area contributed by atoms with Gasteiger partial charge in [-0.15, -0.1) is 12.4 Å². The molecule has 0 saturated carbocycles. The van der Waals surface area contributed by atoms with Crippen LogP contribution in [0.4, 0.5) is 0 Å². The molecular weight excluding hydrogens is 275 g/mol. The number of hydrogen-bond acceptors (Lipinski definition) is 2. The Morgan fingerprint density at radius 1 is 1.37 bits per heavy atom. The van der Waals surface area contributed by atoms with E-state index in [4.69, 9.17) is 5.11 Å². The molecule has 0 aliphatic carbocycles. The number of benzene rings is 1. The van der Waals surface area contributed by atoms with Crippen LogP contribution in [0, 0.1) is 0 Å². The van der Waals surface area contributed by atoms with Crippen LogP contribution in [0.3, 0.4) is 0 Å². The Hall–Kier alpha value is -1.07. The summed E-state index contributed by atoms with van der Waals surface area (Å²) in [6.07, 6.45) is 8.11. The number of rotatable bonds is 4. The van der Waals surface area contributed by atoms with E-state index >= 15 is 0 Å². The molecule has 4 nitrogen and oxygen atoms in total. The Bertz CT molecular complexity index is 530. The molecule has 0 aliphatic heterocycles. The number of carboxylic acids is 1. The number of carbonyl (C=O) groups is 1. The third-order valence-corrected chi connectivity index (χ3v) is 2.32. The van der Waals surface area contributed by atoms with Gasteiger partial charge in [0, 0.05) is 25.0 Å². The van der Waals surface area contributed by atoms with Gasteiger partial charge in [0.05, 0.1) is 6.33 Å². The van der Waals surface area contributed by atoms with Gasteiger partial charge in [0.2, 0.25) is 0 Å². The number of nitrogens with zero attached hydrogens (tertiary/aromatic N) is 2. The molecule has 0 amide bonds. The van der Waals surface area contributed by atoms with Gasteiger partial charge in [-0.2, -0.15) is 0 Å². The molecule has 0 unspecified atom stereocenters. The van der Waals surface area contributed by atoms with E-state index in [1.54, 1.807) is 18.6 Å². The van der Waals surface area contributed by atoms with E-state index in [9.17, 15) is 4.79 Å². The molecule has 1 aromatic carbocycles. The van der Waals surface area contributed by atoms with Crippen LogP contribution >= 0.6 is 12.4 Å². The molecule has 1 aromatic heterocycles. The fraction of sp³-hybridized carbons (Fsp3) is 0.0769. The maximum absolute atomic E-state index is 10.4. The van der Waals surface area contributed by atoms with Crippen molar-refractivity contribution in [3.63, 3.8) is 0 Å². The zero-order chi connectivity index (χ0) is 12.1. The van der Waals surface area contributed by atoms with E-state index in [-0.39, 0.29) is 43.4 Å². The van der Waals surface area contributed by atoms with Crippen LogP contribution in [-0.2, 0) is 11.3 Å². The zero-order valence-corrected chi connectivity index (χ0v) is 13.4. The van der Waals surface area contributed by atoms with Crippen molar-refractivity contribution in [2.24, 2.45) is 0 Å². The van der Waals surface area contributed by atoms with E-state index < -0.39 is 5.97 Å². The van der Waals surface area contributed by atoms with Crippen molar-refractivity contribution < 1.29 is 40.9 Å². The molecule has 96 valence electrons. The topological polar surface area (TPSA) is 55.1 Å². The van der Waals surface area contributed by atoms with Crippen molar-refractivity contribution in [1.82, 2.24) is 9.55 Å². The van der Waals surface area contributed by atoms with Crippen molar-refractivity contribution in [1.29, 1.82) is 0 Å². The van der Waals surface area contributed by atoms with E-state index in [0.717, 1.165) is 23.7 Å². The summed E-state index contributed by atoms with van der Waals surface area (Å²) in [5.41, 5.74) is 2.03. The molecule has 2 aromatic rings. The Morgan fingerprint density at radius 3 is 2.58 bits per heavy atom. The molecule has 0 spiro atoms. The summed E-state index contributed by atoms with van der Waals surface area (Å²) in [4.78, 5) is 14.3. The minimum atomic E-state index is -0.938. The second-order valence-electron chi connectivity index (χ2n) is 3.65. The molecule has 19 heavy (non-hydrogen) atoms. The van der Waals surface area contributed by atoms with Gasteiger partial charge in [-0.25, -0.2) is 9.78 Å². The van der Waals surface area contributed by atoms with Gasteiger partial charge in [0.1, 0.15) is 0 Å². The molecule has 0 radical (unpaired) electrons. The van der Waals surface area contributed by atoms with Crippen LogP contribution in [0.2, 0.25) is 0 Å². The van der Waals surface area contributed by atoms with Gasteiger partial charge in [-0.3, -0.25) is 0 Å². The minimum absolute atomic E-state index is 0. The maximum atomic E-state index is 10.4.